The zero-order valence-electron chi connectivity index (χ0n) is 14.5. The van der Waals surface area contributed by atoms with Crippen LogP contribution in [0.3, 0.4) is 0 Å². The molecule has 134 valence electrons. The molecular formula is C19H24FN3OS. The molecule has 1 aromatic carbocycles. The second kappa shape index (κ2) is 8.54. The van der Waals surface area contributed by atoms with Crippen LogP contribution >= 0.6 is 11.3 Å². The summed E-state index contributed by atoms with van der Waals surface area (Å²) in [5, 5.41) is 5.74. The Morgan fingerprint density at radius 3 is 2.92 bits per heavy atom. The van der Waals surface area contributed by atoms with Crippen LogP contribution in [0.5, 0.6) is 0 Å². The van der Waals surface area contributed by atoms with Gasteiger partial charge in [0.05, 0.1) is 12.1 Å². The molecule has 0 bridgehead atoms. The molecule has 25 heavy (non-hydrogen) atoms. The normalized spacial score (nSPS) is 16.1. The summed E-state index contributed by atoms with van der Waals surface area (Å²) in [6.07, 6.45) is 3.70. The largest absolute Gasteiger partial charge is 0.352 e. The first kappa shape index (κ1) is 18.0. The first-order chi connectivity index (χ1) is 12.1. The van der Waals surface area contributed by atoms with Gasteiger partial charge in [0, 0.05) is 23.5 Å². The minimum atomic E-state index is -0.278. The number of aromatic nitrogens is 1. The van der Waals surface area contributed by atoms with Gasteiger partial charge >= 0.3 is 0 Å². The molecule has 0 radical (unpaired) electrons. The molecule has 1 N–H and O–H groups in total. The van der Waals surface area contributed by atoms with Crippen LogP contribution in [0.25, 0.3) is 10.6 Å². The zero-order chi connectivity index (χ0) is 17.6. The summed E-state index contributed by atoms with van der Waals surface area (Å²) in [6.45, 7) is 5.30. The Labute approximate surface area is 152 Å². The fraction of sp³-hybridized carbons (Fsp3) is 0.474. The van der Waals surface area contributed by atoms with E-state index in [-0.39, 0.29) is 24.2 Å². The summed E-state index contributed by atoms with van der Waals surface area (Å²) in [5.41, 5.74) is 1.48. The van der Waals surface area contributed by atoms with Crippen LogP contribution in [0.1, 0.15) is 31.9 Å². The molecule has 1 amide bonds. The number of halogens is 1. The molecule has 3 rings (SSSR count). The van der Waals surface area contributed by atoms with E-state index < -0.39 is 0 Å². The van der Waals surface area contributed by atoms with E-state index in [1.807, 2.05) is 11.4 Å². The van der Waals surface area contributed by atoms with Gasteiger partial charge in [-0.25, -0.2) is 9.37 Å². The van der Waals surface area contributed by atoms with Gasteiger partial charge in [-0.05, 0) is 44.5 Å². The Kier molecular flexibility index (Phi) is 6.15. The fourth-order valence-electron chi connectivity index (χ4n) is 3.14. The molecule has 1 fully saturated rings. The molecule has 1 aromatic heterocycles. The van der Waals surface area contributed by atoms with Crippen molar-refractivity contribution in [2.24, 2.45) is 0 Å². The predicted molar refractivity (Wildman–Crippen MR) is 99.1 cm³/mol. The first-order valence-electron chi connectivity index (χ1n) is 8.86. The molecule has 1 aliphatic rings. The number of amides is 1. The Morgan fingerprint density at radius 2 is 2.20 bits per heavy atom. The Balaban J connectivity index is 1.55. The van der Waals surface area contributed by atoms with E-state index >= 15 is 0 Å². The van der Waals surface area contributed by atoms with Gasteiger partial charge in [0.1, 0.15) is 10.8 Å². The highest BCUT2D eigenvalue weighted by Gasteiger charge is 2.18. The molecule has 1 aliphatic heterocycles. The van der Waals surface area contributed by atoms with E-state index in [0.717, 1.165) is 42.3 Å². The van der Waals surface area contributed by atoms with Gasteiger partial charge < -0.3 is 10.2 Å². The highest BCUT2D eigenvalue weighted by molar-refractivity contribution is 7.13. The minimum Gasteiger partial charge on any atom is -0.352 e. The molecule has 0 saturated carbocycles. The third-order valence-electron chi connectivity index (χ3n) is 4.50. The van der Waals surface area contributed by atoms with Crippen LogP contribution < -0.4 is 5.32 Å². The monoisotopic (exact) mass is 361 g/mol. The van der Waals surface area contributed by atoms with E-state index in [9.17, 15) is 9.18 Å². The molecule has 1 unspecified atom stereocenters. The molecule has 0 spiro atoms. The number of carbonyl (C=O) groups excluding carboxylic acids is 1. The highest BCUT2D eigenvalue weighted by Crippen LogP contribution is 2.24. The maximum Gasteiger partial charge on any atom is 0.226 e. The number of hydrogen-bond donors (Lipinski definition) is 1. The number of rotatable bonds is 7. The molecule has 0 aliphatic carbocycles. The number of carbonyl (C=O) groups is 1. The molecule has 6 heteroatoms. The average Bonchev–Trinajstić information content (AvgIpc) is 3.26. The lowest BCUT2D eigenvalue weighted by Gasteiger charge is -2.23. The number of hydrogen-bond acceptors (Lipinski definition) is 4. The fourth-order valence-corrected chi connectivity index (χ4v) is 3.96. The van der Waals surface area contributed by atoms with Crippen LogP contribution in [0, 0.1) is 5.82 Å². The average molecular weight is 361 g/mol. The zero-order valence-corrected chi connectivity index (χ0v) is 15.3. The van der Waals surface area contributed by atoms with E-state index in [0.29, 0.717) is 0 Å². The molecule has 2 heterocycles. The van der Waals surface area contributed by atoms with Gasteiger partial charge in [-0.1, -0.05) is 19.1 Å². The second-order valence-corrected chi connectivity index (χ2v) is 7.37. The summed E-state index contributed by atoms with van der Waals surface area (Å²) in [4.78, 5) is 19.2. The predicted octanol–water partition coefficient (Wildman–Crippen LogP) is 3.48. The van der Waals surface area contributed by atoms with E-state index in [1.54, 1.807) is 6.07 Å². The molecular weight excluding hydrogens is 337 g/mol. The first-order valence-corrected chi connectivity index (χ1v) is 9.74. The van der Waals surface area contributed by atoms with Crippen molar-refractivity contribution in [3.8, 4) is 10.6 Å². The third-order valence-corrected chi connectivity index (χ3v) is 5.44. The lowest BCUT2D eigenvalue weighted by atomic mass is 10.2. The topological polar surface area (TPSA) is 45.2 Å². The van der Waals surface area contributed by atoms with Crippen molar-refractivity contribution in [1.29, 1.82) is 0 Å². The van der Waals surface area contributed by atoms with Crippen LogP contribution in [0.15, 0.2) is 29.6 Å². The van der Waals surface area contributed by atoms with Crippen molar-refractivity contribution in [2.75, 3.05) is 19.6 Å². The standard InChI is InChI=1S/C19H24FN3OS/c1-2-16(12-23-8-3-4-9-23)21-18(24)11-17-13-25-19(22-17)14-6-5-7-15(20)10-14/h5-7,10,13,16H,2-4,8-9,11-12H2,1H3,(H,21,24). The van der Waals surface area contributed by atoms with Crippen LogP contribution in [0.4, 0.5) is 4.39 Å². The Bertz CT molecular complexity index is 712. The Hall–Kier alpha value is -1.79. The number of thiazole rings is 1. The summed E-state index contributed by atoms with van der Waals surface area (Å²) in [6, 6.07) is 6.56. The maximum atomic E-state index is 13.3. The van der Waals surface area contributed by atoms with Crippen molar-refractivity contribution < 1.29 is 9.18 Å². The molecule has 1 atom stereocenters. The molecule has 2 aromatic rings. The van der Waals surface area contributed by atoms with Gasteiger partial charge in [-0.2, -0.15) is 0 Å². The maximum absolute atomic E-state index is 13.3. The van der Waals surface area contributed by atoms with Crippen molar-refractivity contribution in [3.63, 3.8) is 0 Å². The summed E-state index contributed by atoms with van der Waals surface area (Å²) >= 11 is 1.44. The minimum absolute atomic E-state index is 0.00198. The van der Waals surface area contributed by atoms with Gasteiger partial charge in [-0.3, -0.25) is 4.79 Å². The molecule has 4 nitrogen and oxygen atoms in total. The summed E-state index contributed by atoms with van der Waals surface area (Å²) in [7, 11) is 0. The van der Waals surface area contributed by atoms with Gasteiger partial charge in [0.2, 0.25) is 5.91 Å². The SMILES string of the molecule is CCC(CN1CCCC1)NC(=O)Cc1csc(-c2cccc(F)c2)n1. The molecule has 1 saturated heterocycles. The van der Waals surface area contributed by atoms with Gasteiger partial charge in [0.15, 0.2) is 0 Å². The van der Waals surface area contributed by atoms with Crippen LogP contribution in [-0.4, -0.2) is 41.5 Å². The smallest absolute Gasteiger partial charge is 0.226 e. The van der Waals surface area contributed by atoms with Gasteiger partial charge in [0.25, 0.3) is 0 Å². The second-order valence-electron chi connectivity index (χ2n) is 6.51. The number of benzene rings is 1. The Morgan fingerprint density at radius 1 is 1.40 bits per heavy atom. The van der Waals surface area contributed by atoms with Crippen molar-refractivity contribution in [3.05, 3.63) is 41.2 Å². The highest BCUT2D eigenvalue weighted by atomic mass is 32.1. The number of likely N-dealkylation sites (tertiary alicyclic amines) is 1. The van der Waals surface area contributed by atoms with E-state index in [4.69, 9.17) is 0 Å². The summed E-state index contributed by atoms with van der Waals surface area (Å²) < 4.78 is 13.3. The van der Waals surface area contributed by atoms with E-state index in [1.165, 1.54) is 36.3 Å². The number of nitrogens with one attached hydrogen (secondary N) is 1. The third kappa shape index (κ3) is 5.09. The van der Waals surface area contributed by atoms with Gasteiger partial charge in [-0.15, -0.1) is 11.3 Å². The lowest BCUT2D eigenvalue weighted by molar-refractivity contribution is -0.121. The number of nitrogens with zero attached hydrogens (tertiary/aromatic N) is 2. The lowest BCUT2D eigenvalue weighted by Crippen LogP contribution is -2.43. The van der Waals surface area contributed by atoms with Crippen molar-refractivity contribution >= 4 is 17.2 Å². The van der Waals surface area contributed by atoms with Crippen LogP contribution in [0.2, 0.25) is 0 Å². The summed E-state index contributed by atoms with van der Waals surface area (Å²) in [5.74, 6) is -0.276. The van der Waals surface area contributed by atoms with Crippen molar-refractivity contribution in [1.82, 2.24) is 15.2 Å². The van der Waals surface area contributed by atoms with Crippen molar-refractivity contribution in [2.45, 2.75) is 38.6 Å². The quantitative estimate of drug-likeness (QED) is 0.821. The van der Waals surface area contributed by atoms with E-state index in [2.05, 4.69) is 22.1 Å². The van der Waals surface area contributed by atoms with Crippen LogP contribution in [-0.2, 0) is 11.2 Å².